The fraction of sp³-hybridized carbons (Fsp3) is 0.625. The lowest BCUT2D eigenvalue weighted by Crippen LogP contribution is -2.50. The summed E-state index contributed by atoms with van der Waals surface area (Å²) < 4.78 is 0. The second-order valence-corrected chi connectivity index (χ2v) is 6.04. The lowest BCUT2D eigenvalue weighted by Gasteiger charge is -2.36. The van der Waals surface area contributed by atoms with Gasteiger partial charge in [0, 0.05) is 50.5 Å². The number of fused-ring (bicyclic) bond motifs is 1. The number of hydrogen-bond acceptors (Lipinski definition) is 3. The molecule has 104 valence electrons. The van der Waals surface area contributed by atoms with Crippen LogP contribution in [0.1, 0.15) is 19.4 Å². The molecule has 3 heteroatoms. The molecule has 1 N–H and O–H groups in total. The van der Waals surface area contributed by atoms with Gasteiger partial charge in [-0.15, -0.1) is 0 Å². The highest BCUT2D eigenvalue weighted by atomic mass is 15.3. The number of anilines is 1. The smallest absolute Gasteiger partial charge is 0.0461 e. The molecule has 3 nitrogen and oxygen atoms in total. The highest BCUT2D eigenvalue weighted by molar-refractivity contribution is 5.60. The van der Waals surface area contributed by atoms with E-state index in [0.29, 0.717) is 12.1 Å². The van der Waals surface area contributed by atoms with Gasteiger partial charge in [-0.3, -0.25) is 4.90 Å². The predicted molar refractivity (Wildman–Crippen MR) is 80.9 cm³/mol. The summed E-state index contributed by atoms with van der Waals surface area (Å²) in [6.07, 6.45) is 1.21. The van der Waals surface area contributed by atoms with Crippen molar-refractivity contribution in [1.82, 2.24) is 10.2 Å². The molecule has 0 bridgehead atoms. The summed E-state index contributed by atoms with van der Waals surface area (Å²) in [4.78, 5) is 5.24. The van der Waals surface area contributed by atoms with Gasteiger partial charge >= 0.3 is 0 Å². The Balaban J connectivity index is 1.75. The van der Waals surface area contributed by atoms with Crippen LogP contribution in [-0.4, -0.2) is 49.7 Å². The number of benzene rings is 1. The third kappa shape index (κ3) is 2.63. The summed E-state index contributed by atoms with van der Waals surface area (Å²) in [6, 6.07) is 10.1. The van der Waals surface area contributed by atoms with E-state index in [0.717, 1.165) is 13.1 Å². The van der Waals surface area contributed by atoms with Crippen LogP contribution in [0.2, 0.25) is 0 Å². The Hall–Kier alpha value is -1.06. The van der Waals surface area contributed by atoms with Crippen LogP contribution in [0.25, 0.3) is 0 Å². The second kappa shape index (κ2) is 5.51. The number of para-hydroxylation sites is 1. The van der Waals surface area contributed by atoms with Crippen LogP contribution in [0.5, 0.6) is 0 Å². The average Bonchev–Trinajstić information content (AvgIpc) is 2.77. The molecular weight excluding hydrogens is 234 g/mol. The molecule has 0 aliphatic carbocycles. The standard InChI is InChI=1S/C16H25N3/c1-13(2)19-15(12-18-9-7-17-8-10-18)11-14-5-3-4-6-16(14)19/h3-6,13,15,17H,7-12H2,1-2H3. The van der Waals surface area contributed by atoms with Gasteiger partial charge in [-0.2, -0.15) is 0 Å². The Kier molecular flexibility index (Phi) is 3.76. The molecule has 0 radical (unpaired) electrons. The first kappa shape index (κ1) is 12.9. The Morgan fingerprint density at radius 3 is 2.68 bits per heavy atom. The molecule has 19 heavy (non-hydrogen) atoms. The minimum atomic E-state index is 0.580. The van der Waals surface area contributed by atoms with Gasteiger partial charge in [-0.25, -0.2) is 0 Å². The first-order valence-corrected chi connectivity index (χ1v) is 7.55. The van der Waals surface area contributed by atoms with Crippen molar-refractivity contribution in [3.63, 3.8) is 0 Å². The van der Waals surface area contributed by atoms with E-state index in [4.69, 9.17) is 0 Å². The molecule has 2 heterocycles. The Morgan fingerprint density at radius 2 is 1.95 bits per heavy atom. The van der Waals surface area contributed by atoms with Crippen molar-refractivity contribution < 1.29 is 0 Å². The van der Waals surface area contributed by atoms with E-state index in [1.165, 1.54) is 37.3 Å². The van der Waals surface area contributed by atoms with E-state index < -0.39 is 0 Å². The molecule has 3 rings (SSSR count). The molecule has 1 saturated heterocycles. The molecule has 0 aromatic heterocycles. The Bertz CT molecular complexity index is 424. The number of hydrogen-bond donors (Lipinski definition) is 1. The first-order valence-electron chi connectivity index (χ1n) is 7.55. The molecule has 1 unspecified atom stereocenters. The molecule has 1 aromatic carbocycles. The molecule has 0 saturated carbocycles. The SMILES string of the molecule is CC(C)N1c2ccccc2CC1CN1CCNCC1. The van der Waals surface area contributed by atoms with Crippen molar-refractivity contribution in [2.24, 2.45) is 0 Å². The Morgan fingerprint density at radius 1 is 1.21 bits per heavy atom. The maximum absolute atomic E-state index is 3.44. The Labute approximate surface area is 116 Å². The molecular formula is C16H25N3. The minimum Gasteiger partial charge on any atom is -0.364 e. The molecule has 1 atom stereocenters. The largest absolute Gasteiger partial charge is 0.364 e. The van der Waals surface area contributed by atoms with E-state index in [1.54, 1.807) is 0 Å². The van der Waals surface area contributed by atoms with E-state index in [9.17, 15) is 0 Å². The molecule has 1 aromatic rings. The maximum Gasteiger partial charge on any atom is 0.0461 e. The van der Waals surface area contributed by atoms with Crippen LogP contribution < -0.4 is 10.2 Å². The van der Waals surface area contributed by atoms with Crippen molar-refractivity contribution >= 4 is 5.69 Å². The van der Waals surface area contributed by atoms with Crippen molar-refractivity contribution in [3.05, 3.63) is 29.8 Å². The van der Waals surface area contributed by atoms with Gasteiger partial charge in [0.05, 0.1) is 0 Å². The van der Waals surface area contributed by atoms with Crippen molar-refractivity contribution in [2.75, 3.05) is 37.6 Å². The zero-order valence-corrected chi connectivity index (χ0v) is 12.1. The van der Waals surface area contributed by atoms with Crippen LogP contribution in [-0.2, 0) is 6.42 Å². The average molecular weight is 259 g/mol. The fourth-order valence-electron chi connectivity index (χ4n) is 3.53. The van der Waals surface area contributed by atoms with E-state index in [-0.39, 0.29) is 0 Å². The van der Waals surface area contributed by atoms with Crippen molar-refractivity contribution in [2.45, 2.75) is 32.4 Å². The number of piperazine rings is 1. The van der Waals surface area contributed by atoms with Crippen LogP contribution in [0.3, 0.4) is 0 Å². The number of nitrogens with one attached hydrogen (secondary N) is 1. The summed E-state index contributed by atoms with van der Waals surface area (Å²) in [6.45, 7) is 10.5. The van der Waals surface area contributed by atoms with E-state index in [2.05, 4.69) is 53.2 Å². The zero-order valence-electron chi connectivity index (χ0n) is 12.1. The summed E-state index contributed by atoms with van der Waals surface area (Å²) in [5, 5.41) is 3.44. The van der Waals surface area contributed by atoms with Crippen LogP contribution in [0, 0.1) is 0 Å². The molecule has 1 fully saturated rings. The highest BCUT2D eigenvalue weighted by Gasteiger charge is 2.31. The zero-order chi connectivity index (χ0) is 13.2. The van der Waals surface area contributed by atoms with Gasteiger partial charge in [-0.05, 0) is 31.9 Å². The maximum atomic E-state index is 3.44. The molecule has 2 aliphatic heterocycles. The summed E-state index contributed by atoms with van der Waals surface area (Å²) in [7, 11) is 0. The second-order valence-electron chi connectivity index (χ2n) is 6.04. The van der Waals surface area contributed by atoms with Crippen molar-refractivity contribution in [3.8, 4) is 0 Å². The summed E-state index contributed by atoms with van der Waals surface area (Å²) in [5.74, 6) is 0. The van der Waals surface area contributed by atoms with Gasteiger partial charge in [0.15, 0.2) is 0 Å². The van der Waals surface area contributed by atoms with Crippen LogP contribution >= 0.6 is 0 Å². The minimum absolute atomic E-state index is 0.580. The summed E-state index contributed by atoms with van der Waals surface area (Å²) >= 11 is 0. The topological polar surface area (TPSA) is 18.5 Å². The monoisotopic (exact) mass is 259 g/mol. The number of nitrogens with zero attached hydrogens (tertiary/aromatic N) is 2. The fourth-order valence-corrected chi connectivity index (χ4v) is 3.53. The third-order valence-electron chi connectivity index (χ3n) is 4.35. The molecule has 0 amide bonds. The van der Waals surface area contributed by atoms with Gasteiger partial charge in [-0.1, -0.05) is 18.2 Å². The van der Waals surface area contributed by atoms with E-state index in [1.807, 2.05) is 0 Å². The molecule has 0 spiro atoms. The lowest BCUT2D eigenvalue weighted by molar-refractivity contribution is 0.224. The van der Waals surface area contributed by atoms with Gasteiger partial charge in [0.2, 0.25) is 0 Å². The first-order chi connectivity index (χ1) is 9.25. The van der Waals surface area contributed by atoms with Crippen LogP contribution in [0.15, 0.2) is 24.3 Å². The summed E-state index contributed by atoms with van der Waals surface area (Å²) in [5.41, 5.74) is 2.98. The highest BCUT2D eigenvalue weighted by Crippen LogP contribution is 2.33. The van der Waals surface area contributed by atoms with Gasteiger partial charge < -0.3 is 10.2 Å². The van der Waals surface area contributed by atoms with Crippen LogP contribution in [0.4, 0.5) is 5.69 Å². The van der Waals surface area contributed by atoms with E-state index >= 15 is 0 Å². The third-order valence-corrected chi connectivity index (χ3v) is 4.35. The predicted octanol–water partition coefficient (Wildman–Crippen LogP) is 1.73. The van der Waals surface area contributed by atoms with Gasteiger partial charge in [0.25, 0.3) is 0 Å². The van der Waals surface area contributed by atoms with Gasteiger partial charge in [0.1, 0.15) is 0 Å². The van der Waals surface area contributed by atoms with Crippen molar-refractivity contribution in [1.29, 1.82) is 0 Å². The molecule has 2 aliphatic rings. The number of rotatable bonds is 3. The normalized spacial score (nSPS) is 23.9. The lowest BCUT2D eigenvalue weighted by atomic mass is 10.1. The quantitative estimate of drug-likeness (QED) is 0.892.